The van der Waals surface area contributed by atoms with E-state index in [-0.39, 0.29) is 11.6 Å². The van der Waals surface area contributed by atoms with Gasteiger partial charge in [-0.05, 0) is 37.1 Å². The first-order valence-electron chi connectivity index (χ1n) is 10.6. The highest BCUT2D eigenvalue weighted by atomic mass is 16.7. The fraction of sp³-hybridized carbons (Fsp3) is 0.200. The summed E-state index contributed by atoms with van der Waals surface area (Å²) < 4.78 is 0. The summed E-state index contributed by atoms with van der Waals surface area (Å²) in [5.74, 6) is -1.58. The second kappa shape index (κ2) is 7.83. The van der Waals surface area contributed by atoms with Crippen molar-refractivity contribution in [2.45, 2.75) is 26.0 Å². The molecule has 33 heavy (non-hydrogen) atoms. The van der Waals surface area contributed by atoms with E-state index >= 15 is 0 Å². The van der Waals surface area contributed by atoms with Crippen LogP contribution in [-0.4, -0.2) is 22.8 Å². The molecule has 2 heterocycles. The number of hydrogen-bond acceptors (Lipinski definition) is 6. The lowest BCUT2D eigenvalue weighted by atomic mass is 9.90. The molecule has 2 aliphatic heterocycles. The van der Waals surface area contributed by atoms with Crippen LogP contribution in [0, 0.1) is 29.9 Å². The quantitative estimate of drug-likeness (QED) is 0.340. The molecule has 0 saturated carbocycles. The lowest BCUT2D eigenvalue weighted by molar-refractivity contribution is -0.384. The summed E-state index contributed by atoms with van der Waals surface area (Å²) in [6.07, 6.45) is -1.03. The summed E-state index contributed by atoms with van der Waals surface area (Å²) in [7, 11) is 0. The summed E-state index contributed by atoms with van der Waals surface area (Å²) in [6, 6.07) is 20.2. The van der Waals surface area contributed by atoms with Crippen molar-refractivity contribution in [3.63, 3.8) is 0 Å². The number of rotatable bonds is 4. The van der Waals surface area contributed by atoms with E-state index in [1.165, 1.54) is 22.1 Å². The Labute approximate surface area is 190 Å². The topological polar surface area (TPSA) is 93.0 Å². The van der Waals surface area contributed by atoms with Gasteiger partial charge in [0.2, 0.25) is 5.91 Å². The summed E-state index contributed by atoms with van der Waals surface area (Å²) >= 11 is 0. The van der Waals surface area contributed by atoms with Crippen molar-refractivity contribution in [1.29, 1.82) is 0 Å². The molecule has 2 saturated heterocycles. The fourth-order valence-corrected chi connectivity index (χ4v) is 4.54. The Balaban J connectivity index is 1.61. The summed E-state index contributed by atoms with van der Waals surface area (Å²) in [5.41, 5.74) is 3.48. The van der Waals surface area contributed by atoms with Crippen LogP contribution in [0.2, 0.25) is 0 Å². The van der Waals surface area contributed by atoms with E-state index in [1.54, 1.807) is 24.3 Å². The summed E-state index contributed by atoms with van der Waals surface area (Å²) in [6.45, 7) is 3.80. The van der Waals surface area contributed by atoms with Crippen LogP contribution < -0.4 is 9.96 Å². The van der Waals surface area contributed by atoms with Gasteiger partial charge in [-0.25, -0.2) is 9.96 Å². The average molecular weight is 443 g/mol. The third kappa shape index (κ3) is 3.35. The number of fused-ring (bicyclic) bond motifs is 1. The highest BCUT2D eigenvalue weighted by Gasteiger charge is 2.60. The number of hydroxylamine groups is 1. The van der Waals surface area contributed by atoms with Crippen molar-refractivity contribution in [3.8, 4) is 0 Å². The molecule has 0 unspecified atom stereocenters. The van der Waals surface area contributed by atoms with Gasteiger partial charge in [0, 0.05) is 12.1 Å². The SMILES string of the molecule is Cc1ccc([C@@H]2[C@@H]3C(=O)N(c4ccccc4C)C(=O)[C@H]3ON2c2cccc([N+](=O)[O-])c2)cc1. The number of nitro benzene ring substituents is 1. The molecule has 0 bridgehead atoms. The predicted octanol–water partition coefficient (Wildman–Crippen LogP) is 4.26. The highest BCUT2D eigenvalue weighted by molar-refractivity contribution is 6.24. The number of imide groups is 1. The largest absolute Gasteiger partial charge is 0.273 e. The Morgan fingerprint density at radius 3 is 2.33 bits per heavy atom. The Bertz CT molecular complexity index is 1270. The van der Waals surface area contributed by atoms with Gasteiger partial charge in [-0.1, -0.05) is 54.1 Å². The average Bonchev–Trinajstić information content (AvgIpc) is 3.31. The Morgan fingerprint density at radius 1 is 0.909 bits per heavy atom. The van der Waals surface area contributed by atoms with Crippen molar-refractivity contribution in [2.75, 3.05) is 9.96 Å². The monoisotopic (exact) mass is 443 g/mol. The van der Waals surface area contributed by atoms with Crippen molar-refractivity contribution in [3.05, 3.63) is 99.6 Å². The first-order chi connectivity index (χ1) is 15.9. The van der Waals surface area contributed by atoms with Gasteiger partial charge in [-0.3, -0.25) is 24.5 Å². The molecule has 0 radical (unpaired) electrons. The van der Waals surface area contributed by atoms with Crippen molar-refractivity contribution in [2.24, 2.45) is 5.92 Å². The number of carbonyl (C=O) groups excluding carboxylic acids is 2. The molecule has 0 N–H and O–H groups in total. The van der Waals surface area contributed by atoms with Crippen LogP contribution in [0.4, 0.5) is 17.1 Å². The van der Waals surface area contributed by atoms with E-state index < -0.39 is 28.9 Å². The predicted molar refractivity (Wildman–Crippen MR) is 122 cm³/mol. The third-order valence-electron chi connectivity index (χ3n) is 6.19. The second-order valence-electron chi connectivity index (χ2n) is 8.31. The minimum absolute atomic E-state index is 0.102. The lowest BCUT2D eigenvalue weighted by Crippen LogP contribution is -2.37. The van der Waals surface area contributed by atoms with Gasteiger partial charge in [0.1, 0.15) is 5.92 Å². The maximum absolute atomic E-state index is 13.6. The number of nitrogens with zero attached hydrogens (tertiary/aromatic N) is 3. The van der Waals surface area contributed by atoms with E-state index in [9.17, 15) is 19.7 Å². The Kier molecular flexibility index (Phi) is 4.94. The molecule has 166 valence electrons. The number of para-hydroxylation sites is 1. The molecule has 2 fully saturated rings. The van der Waals surface area contributed by atoms with E-state index in [4.69, 9.17) is 4.84 Å². The standard InChI is InChI=1S/C25H21N3O5/c1-15-10-12-17(13-11-15)22-21-23(33-27(22)18-7-5-8-19(14-18)28(31)32)25(30)26(24(21)29)20-9-4-3-6-16(20)2/h3-14,21-23H,1-2H3/t21-,22+,23-/m0/s1. The fourth-order valence-electron chi connectivity index (χ4n) is 4.54. The van der Waals surface area contributed by atoms with Gasteiger partial charge in [-0.15, -0.1) is 0 Å². The van der Waals surface area contributed by atoms with Gasteiger partial charge in [0.15, 0.2) is 6.10 Å². The van der Waals surface area contributed by atoms with Gasteiger partial charge in [-0.2, -0.15) is 0 Å². The van der Waals surface area contributed by atoms with Gasteiger partial charge < -0.3 is 0 Å². The molecule has 3 aromatic rings. The molecule has 2 amide bonds. The zero-order valence-electron chi connectivity index (χ0n) is 18.0. The number of non-ortho nitro benzene ring substituents is 1. The maximum Gasteiger partial charge on any atom is 0.271 e. The van der Waals surface area contributed by atoms with Gasteiger partial charge >= 0.3 is 0 Å². The summed E-state index contributed by atoms with van der Waals surface area (Å²) in [4.78, 5) is 45.1. The molecule has 3 aromatic carbocycles. The molecule has 8 heteroatoms. The lowest BCUT2D eigenvalue weighted by Gasteiger charge is -2.29. The summed E-state index contributed by atoms with van der Waals surface area (Å²) in [5, 5.41) is 12.8. The minimum Gasteiger partial charge on any atom is -0.273 e. The number of carbonyl (C=O) groups is 2. The Morgan fingerprint density at radius 2 is 1.64 bits per heavy atom. The molecule has 0 aliphatic carbocycles. The number of benzene rings is 3. The maximum atomic E-state index is 13.6. The van der Waals surface area contributed by atoms with E-state index in [2.05, 4.69) is 0 Å². The molecular weight excluding hydrogens is 422 g/mol. The first kappa shape index (κ1) is 20.8. The van der Waals surface area contributed by atoms with Crippen LogP contribution in [0.25, 0.3) is 0 Å². The molecule has 3 atom stereocenters. The number of hydrogen-bond donors (Lipinski definition) is 0. The van der Waals surface area contributed by atoms with Crippen LogP contribution in [0.3, 0.4) is 0 Å². The molecule has 0 aromatic heterocycles. The van der Waals surface area contributed by atoms with Crippen LogP contribution in [0.15, 0.2) is 72.8 Å². The molecule has 2 aliphatic rings. The van der Waals surface area contributed by atoms with Crippen molar-refractivity contribution < 1.29 is 19.3 Å². The first-order valence-corrected chi connectivity index (χ1v) is 10.6. The van der Waals surface area contributed by atoms with Crippen LogP contribution in [-0.2, 0) is 14.4 Å². The minimum atomic E-state index is -1.03. The van der Waals surface area contributed by atoms with Crippen molar-refractivity contribution >= 4 is 28.9 Å². The van der Waals surface area contributed by atoms with E-state index in [0.717, 1.165) is 16.7 Å². The molecule has 8 nitrogen and oxygen atoms in total. The number of nitro groups is 1. The zero-order valence-corrected chi connectivity index (χ0v) is 18.0. The third-order valence-corrected chi connectivity index (χ3v) is 6.19. The molecular formula is C25H21N3O5. The van der Waals surface area contributed by atoms with E-state index in [1.807, 2.05) is 50.2 Å². The van der Waals surface area contributed by atoms with E-state index in [0.29, 0.717) is 11.4 Å². The number of amides is 2. The Hall–Kier alpha value is -4.04. The highest BCUT2D eigenvalue weighted by Crippen LogP contribution is 2.48. The van der Waals surface area contributed by atoms with Gasteiger partial charge in [0.25, 0.3) is 11.6 Å². The van der Waals surface area contributed by atoms with Crippen LogP contribution in [0.5, 0.6) is 0 Å². The number of anilines is 2. The number of aryl methyl sites for hydroxylation is 2. The second-order valence-corrected chi connectivity index (χ2v) is 8.31. The smallest absolute Gasteiger partial charge is 0.271 e. The van der Waals surface area contributed by atoms with Crippen LogP contribution in [0.1, 0.15) is 22.7 Å². The van der Waals surface area contributed by atoms with Gasteiger partial charge in [0.05, 0.1) is 22.3 Å². The molecule has 0 spiro atoms. The zero-order chi connectivity index (χ0) is 23.3. The molecule has 5 rings (SSSR count). The van der Waals surface area contributed by atoms with Crippen molar-refractivity contribution in [1.82, 2.24) is 0 Å². The normalized spacial score (nSPS) is 22.1. The van der Waals surface area contributed by atoms with Crippen LogP contribution >= 0.6 is 0 Å².